The number of nitrogens with zero attached hydrogens (tertiary/aromatic N) is 2. The van der Waals surface area contributed by atoms with Crippen LogP contribution in [0.4, 0.5) is 0 Å². The van der Waals surface area contributed by atoms with Crippen molar-refractivity contribution in [3.63, 3.8) is 0 Å². The van der Waals surface area contributed by atoms with E-state index >= 15 is 0 Å². The number of aliphatic imine (C=N–C) groups is 1. The molecule has 7 heteroatoms. The largest absolute Gasteiger partial charge is 0.379 e. The molecule has 1 aromatic rings. The smallest absolute Gasteiger partial charge is 0.191 e. The average Bonchev–Trinajstić information content (AvgIpc) is 2.70. The minimum atomic E-state index is 0. The number of morpholine rings is 1. The number of benzene rings is 1. The molecule has 0 aliphatic carbocycles. The van der Waals surface area contributed by atoms with Crippen LogP contribution >= 0.6 is 24.0 Å². The molecule has 6 nitrogen and oxygen atoms in total. The zero-order valence-corrected chi connectivity index (χ0v) is 20.8. The summed E-state index contributed by atoms with van der Waals surface area (Å²) in [6, 6.07) is 8.77. The van der Waals surface area contributed by atoms with Gasteiger partial charge in [0.15, 0.2) is 5.96 Å². The van der Waals surface area contributed by atoms with E-state index in [9.17, 15) is 0 Å². The maximum absolute atomic E-state index is 5.81. The van der Waals surface area contributed by atoms with Crippen molar-refractivity contribution in [1.29, 1.82) is 0 Å². The van der Waals surface area contributed by atoms with Crippen molar-refractivity contribution in [3.8, 4) is 0 Å². The van der Waals surface area contributed by atoms with E-state index in [0.29, 0.717) is 5.92 Å². The molecule has 1 saturated heterocycles. The third-order valence-electron chi connectivity index (χ3n) is 5.03. The number of rotatable bonds is 10. The van der Waals surface area contributed by atoms with Crippen LogP contribution in [0.15, 0.2) is 29.3 Å². The van der Waals surface area contributed by atoms with Crippen LogP contribution in [0.25, 0.3) is 0 Å². The Balaban J connectivity index is 0.00000420. The minimum absolute atomic E-state index is 0. The number of ether oxygens (including phenoxy) is 2. The molecule has 0 bridgehead atoms. The van der Waals surface area contributed by atoms with E-state index in [2.05, 4.69) is 65.6 Å². The van der Waals surface area contributed by atoms with Gasteiger partial charge in [-0.25, -0.2) is 0 Å². The second-order valence-corrected chi connectivity index (χ2v) is 7.59. The Labute approximate surface area is 193 Å². The Morgan fingerprint density at radius 1 is 1.21 bits per heavy atom. The third-order valence-corrected chi connectivity index (χ3v) is 5.03. The van der Waals surface area contributed by atoms with Crippen molar-refractivity contribution >= 4 is 29.9 Å². The SMILES string of the molecule is CCOC(CCNC(=NC)NCc1cccc(CN2CCOCC2)c1)C(C)C.I. The molecule has 1 aliphatic heterocycles. The molecule has 2 rings (SSSR count). The van der Waals surface area contributed by atoms with Gasteiger partial charge in [-0.15, -0.1) is 24.0 Å². The highest BCUT2D eigenvalue weighted by molar-refractivity contribution is 14.0. The lowest BCUT2D eigenvalue weighted by Gasteiger charge is -2.26. The van der Waals surface area contributed by atoms with Crippen LogP contribution in [0.2, 0.25) is 0 Å². The van der Waals surface area contributed by atoms with E-state index in [1.54, 1.807) is 0 Å². The van der Waals surface area contributed by atoms with Gasteiger partial charge in [0.25, 0.3) is 0 Å². The fraction of sp³-hybridized carbons (Fsp3) is 0.682. The molecule has 1 aliphatic rings. The molecule has 1 fully saturated rings. The molecule has 0 radical (unpaired) electrons. The summed E-state index contributed by atoms with van der Waals surface area (Å²) in [6.45, 7) is 13.5. The van der Waals surface area contributed by atoms with E-state index in [1.807, 2.05) is 7.05 Å². The molecular weight excluding hydrogens is 479 g/mol. The topological polar surface area (TPSA) is 58.1 Å². The number of guanidine groups is 1. The normalized spacial score (nSPS) is 16.4. The Kier molecular flexibility index (Phi) is 13.5. The maximum Gasteiger partial charge on any atom is 0.191 e. The molecule has 0 aromatic heterocycles. The van der Waals surface area contributed by atoms with Crippen LogP contribution in [-0.2, 0) is 22.6 Å². The molecule has 1 atom stereocenters. The van der Waals surface area contributed by atoms with Crippen LogP contribution in [0.1, 0.15) is 38.3 Å². The van der Waals surface area contributed by atoms with Crippen LogP contribution < -0.4 is 10.6 Å². The fourth-order valence-electron chi connectivity index (χ4n) is 3.42. The van der Waals surface area contributed by atoms with Crippen LogP contribution in [0.3, 0.4) is 0 Å². The Morgan fingerprint density at radius 3 is 2.59 bits per heavy atom. The number of hydrogen-bond acceptors (Lipinski definition) is 4. The molecule has 1 heterocycles. The van der Waals surface area contributed by atoms with E-state index < -0.39 is 0 Å². The van der Waals surface area contributed by atoms with E-state index in [0.717, 1.165) is 64.9 Å². The first-order chi connectivity index (χ1) is 13.6. The monoisotopic (exact) mass is 518 g/mol. The van der Waals surface area contributed by atoms with E-state index in [1.165, 1.54) is 11.1 Å². The van der Waals surface area contributed by atoms with Crippen LogP contribution in [-0.4, -0.2) is 63.5 Å². The van der Waals surface area contributed by atoms with Gasteiger partial charge in [0.1, 0.15) is 0 Å². The van der Waals surface area contributed by atoms with Gasteiger partial charge in [-0.1, -0.05) is 38.1 Å². The van der Waals surface area contributed by atoms with Gasteiger partial charge in [-0.2, -0.15) is 0 Å². The summed E-state index contributed by atoms with van der Waals surface area (Å²) in [5.41, 5.74) is 2.61. The Bertz CT molecular complexity index is 592. The van der Waals surface area contributed by atoms with Gasteiger partial charge in [0, 0.05) is 46.4 Å². The molecule has 29 heavy (non-hydrogen) atoms. The molecule has 0 spiro atoms. The number of nitrogens with one attached hydrogen (secondary N) is 2. The van der Waals surface area contributed by atoms with Crippen molar-refractivity contribution in [2.24, 2.45) is 10.9 Å². The van der Waals surface area contributed by atoms with Crippen LogP contribution in [0, 0.1) is 5.92 Å². The Hall–Kier alpha value is -0.900. The Morgan fingerprint density at radius 2 is 1.93 bits per heavy atom. The highest BCUT2D eigenvalue weighted by Crippen LogP contribution is 2.11. The third kappa shape index (κ3) is 10.1. The molecular formula is C22H39IN4O2. The summed E-state index contributed by atoms with van der Waals surface area (Å²) in [6.07, 6.45) is 1.26. The molecule has 1 aromatic carbocycles. The second kappa shape index (κ2) is 15.0. The molecule has 1 unspecified atom stereocenters. The lowest BCUT2D eigenvalue weighted by molar-refractivity contribution is 0.0258. The standard InChI is InChI=1S/C22H38N4O2.HI/c1-5-28-21(18(2)3)9-10-24-22(23-4)25-16-19-7-6-8-20(15-19)17-26-11-13-27-14-12-26;/h6-8,15,18,21H,5,9-14,16-17H2,1-4H3,(H2,23,24,25);1H. The first-order valence-corrected chi connectivity index (χ1v) is 10.6. The quantitative estimate of drug-likeness (QED) is 0.283. The summed E-state index contributed by atoms with van der Waals surface area (Å²) >= 11 is 0. The highest BCUT2D eigenvalue weighted by atomic mass is 127. The maximum atomic E-state index is 5.81. The summed E-state index contributed by atoms with van der Waals surface area (Å²) in [5.74, 6) is 1.35. The highest BCUT2D eigenvalue weighted by Gasteiger charge is 2.13. The summed E-state index contributed by atoms with van der Waals surface area (Å²) < 4.78 is 11.2. The average molecular weight is 518 g/mol. The summed E-state index contributed by atoms with van der Waals surface area (Å²) in [5, 5.41) is 6.82. The van der Waals surface area contributed by atoms with Gasteiger partial charge in [-0.05, 0) is 30.4 Å². The van der Waals surface area contributed by atoms with E-state index in [4.69, 9.17) is 9.47 Å². The first-order valence-electron chi connectivity index (χ1n) is 10.6. The number of hydrogen-bond donors (Lipinski definition) is 2. The van der Waals surface area contributed by atoms with Crippen molar-refractivity contribution in [2.75, 3.05) is 46.5 Å². The van der Waals surface area contributed by atoms with Crippen LogP contribution in [0.5, 0.6) is 0 Å². The van der Waals surface area contributed by atoms with E-state index in [-0.39, 0.29) is 30.1 Å². The number of halogens is 1. The minimum Gasteiger partial charge on any atom is -0.379 e. The lowest BCUT2D eigenvalue weighted by atomic mass is 10.0. The molecule has 2 N–H and O–H groups in total. The molecule has 0 saturated carbocycles. The molecule has 0 amide bonds. The van der Waals surface area contributed by atoms with Gasteiger partial charge < -0.3 is 20.1 Å². The van der Waals surface area contributed by atoms with Gasteiger partial charge >= 0.3 is 0 Å². The van der Waals surface area contributed by atoms with Crippen molar-refractivity contribution in [1.82, 2.24) is 15.5 Å². The summed E-state index contributed by atoms with van der Waals surface area (Å²) in [7, 11) is 1.81. The predicted molar refractivity (Wildman–Crippen MR) is 131 cm³/mol. The van der Waals surface area contributed by atoms with Gasteiger partial charge in [0.05, 0.1) is 19.3 Å². The van der Waals surface area contributed by atoms with Crippen molar-refractivity contribution in [2.45, 2.75) is 46.4 Å². The van der Waals surface area contributed by atoms with Crippen molar-refractivity contribution in [3.05, 3.63) is 35.4 Å². The van der Waals surface area contributed by atoms with Gasteiger partial charge in [0.2, 0.25) is 0 Å². The zero-order valence-electron chi connectivity index (χ0n) is 18.4. The summed E-state index contributed by atoms with van der Waals surface area (Å²) in [4.78, 5) is 6.78. The lowest BCUT2D eigenvalue weighted by Crippen LogP contribution is -2.39. The first kappa shape index (κ1) is 26.1. The second-order valence-electron chi connectivity index (χ2n) is 7.59. The van der Waals surface area contributed by atoms with Gasteiger partial charge in [-0.3, -0.25) is 9.89 Å². The molecule has 166 valence electrons. The van der Waals surface area contributed by atoms with Crippen molar-refractivity contribution < 1.29 is 9.47 Å². The fourth-order valence-corrected chi connectivity index (χ4v) is 3.42. The predicted octanol–water partition coefficient (Wildman–Crippen LogP) is 3.25. The zero-order chi connectivity index (χ0) is 20.2.